The minimum absolute atomic E-state index is 0.881. The fraction of sp³-hybridized carbons (Fsp3) is 0.143. The number of hydrogen-bond acceptors (Lipinski definition) is 2. The zero-order valence-corrected chi connectivity index (χ0v) is 6.80. The number of aliphatic imine (C=N–C) groups is 2. The lowest BCUT2D eigenvalue weighted by molar-refractivity contribution is 1.37. The van der Waals surface area contributed by atoms with Crippen molar-refractivity contribution >= 4 is 27.4 Å². The predicted molar refractivity (Wildman–Crippen MR) is 45.6 cm³/mol. The third-order valence-electron chi connectivity index (χ3n) is 1.44. The minimum Gasteiger partial charge on any atom is -0.259 e. The molecule has 0 aromatic carbocycles. The maximum absolute atomic E-state index is 4.16. The van der Waals surface area contributed by atoms with Crippen LogP contribution in [0.25, 0.3) is 0 Å². The zero-order valence-electron chi connectivity index (χ0n) is 5.21. The van der Waals surface area contributed by atoms with Crippen LogP contribution in [0.4, 0.5) is 0 Å². The van der Waals surface area contributed by atoms with Crippen molar-refractivity contribution in [3.63, 3.8) is 0 Å². The summed E-state index contributed by atoms with van der Waals surface area (Å²) in [5.41, 5.74) is 2.07. The standard InChI is InChI=1S/C7H5BrN2/c8-5-3-7-6(10-4-5)1-2-9-7/h1-2,4H,3H2. The summed E-state index contributed by atoms with van der Waals surface area (Å²) in [6.07, 6.45) is 6.41. The average Bonchev–Trinajstić information content (AvgIpc) is 2.33. The maximum atomic E-state index is 4.16. The fourth-order valence-electron chi connectivity index (χ4n) is 0.959. The highest BCUT2D eigenvalue weighted by Crippen LogP contribution is 2.19. The van der Waals surface area contributed by atoms with Gasteiger partial charge in [0.15, 0.2) is 0 Å². The molecule has 2 nitrogen and oxygen atoms in total. The van der Waals surface area contributed by atoms with Gasteiger partial charge in [-0.05, 0) is 6.08 Å². The molecule has 3 heteroatoms. The molecule has 0 unspecified atom stereocenters. The van der Waals surface area contributed by atoms with Gasteiger partial charge in [-0.25, -0.2) is 0 Å². The van der Waals surface area contributed by atoms with Gasteiger partial charge in [0.25, 0.3) is 0 Å². The summed E-state index contributed by atoms with van der Waals surface area (Å²) in [5.74, 6) is 0. The van der Waals surface area contributed by atoms with E-state index in [1.54, 1.807) is 6.20 Å². The second-order valence-electron chi connectivity index (χ2n) is 2.16. The van der Waals surface area contributed by atoms with Crippen LogP contribution in [-0.4, -0.2) is 11.4 Å². The van der Waals surface area contributed by atoms with Crippen molar-refractivity contribution in [2.24, 2.45) is 9.98 Å². The normalized spacial score (nSPS) is 21.5. The van der Waals surface area contributed by atoms with Crippen LogP contribution in [0.3, 0.4) is 0 Å². The van der Waals surface area contributed by atoms with E-state index in [0.717, 1.165) is 22.3 Å². The van der Waals surface area contributed by atoms with Crippen LogP contribution in [0, 0.1) is 0 Å². The molecule has 0 spiro atoms. The summed E-state index contributed by atoms with van der Waals surface area (Å²) < 4.78 is 1.10. The number of allylic oxidation sites excluding steroid dienone is 2. The fourth-order valence-corrected chi connectivity index (χ4v) is 1.33. The third-order valence-corrected chi connectivity index (χ3v) is 1.92. The van der Waals surface area contributed by atoms with Gasteiger partial charge in [-0.15, -0.1) is 0 Å². The van der Waals surface area contributed by atoms with E-state index in [-0.39, 0.29) is 0 Å². The van der Waals surface area contributed by atoms with Crippen LogP contribution in [0.15, 0.2) is 32.9 Å². The number of hydrogen-bond donors (Lipinski definition) is 0. The predicted octanol–water partition coefficient (Wildman–Crippen LogP) is 2.04. The molecule has 0 aliphatic carbocycles. The topological polar surface area (TPSA) is 24.7 Å². The van der Waals surface area contributed by atoms with E-state index in [9.17, 15) is 0 Å². The zero-order chi connectivity index (χ0) is 6.97. The molecule has 2 aliphatic heterocycles. The van der Waals surface area contributed by atoms with Crippen molar-refractivity contribution in [2.45, 2.75) is 6.42 Å². The Bertz CT molecular complexity index is 284. The van der Waals surface area contributed by atoms with Gasteiger partial charge in [-0.1, -0.05) is 15.9 Å². The van der Waals surface area contributed by atoms with E-state index < -0.39 is 0 Å². The van der Waals surface area contributed by atoms with Gasteiger partial charge in [-0.2, -0.15) is 0 Å². The molecular weight excluding hydrogens is 192 g/mol. The molecule has 0 N–H and O–H groups in total. The van der Waals surface area contributed by atoms with Crippen molar-refractivity contribution in [1.29, 1.82) is 0 Å². The number of rotatable bonds is 0. The smallest absolute Gasteiger partial charge is 0.0863 e. The molecule has 0 saturated heterocycles. The van der Waals surface area contributed by atoms with Crippen LogP contribution in [-0.2, 0) is 0 Å². The summed E-state index contributed by atoms with van der Waals surface area (Å²) in [7, 11) is 0. The van der Waals surface area contributed by atoms with Crippen LogP contribution in [0.5, 0.6) is 0 Å². The van der Waals surface area contributed by atoms with Crippen LogP contribution in [0.1, 0.15) is 6.42 Å². The van der Waals surface area contributed by atoms with Gasteiger partial charge < -0.3 is 0 Å². The molecule has 50 valence electrons. The van der Waals surface area contributed by atoms with Crippen molar-refractivity contribution in [3.8, 4) is 0 Å². The second-order valence-corrected chi connectivity index (χ2v) is 3.18. The van der Waals surface area contributed by atoms with E-state index in [1.165, 1.54) is 0 Å². The summed E-state index contributed by atoms with van der Waals surface area (Å²) >= 11 is 3.37. The molecule has 0 atom stereocenters. The van der Waals surface area contributed by atoms with E-state index in [2.05, 4.69) is 25.9 Å². The first kappa shape index (κ1) is 6.04. The Morgan fingerprint density at radius 3 is 3.20 bits per heavy atom. The van der Waals surface area contributed by atoms with Gasteiger partial charge in [0.05, 0.1) is 11.4 Å². The van der Waals surface area contributed by atoms with E-state index in [0.29, 0.717) is 0 Å². The van der Waals surface area contributed by atoms with Gasteiger partial charge in [0.1, 0.15) is 0 Å². The molecule has 2 heterocycles. The molecule has 0 aromatic heterocycles. The van der Waals surface area contributed by atoms with E-state index in [1.807, 2.05) is 12.3 Å². The number of fused-ring (bicyclic) bond motifs is 1. The first-order valence-corrected chi connectivity index (χ1v) is 3.81. The van der Waals surface area contributed by atoms with Crippen molar-refractivity contribution in [1.82, 2.24) is 0 Å². The highest BCUT2D eigenvalue weighted by molar-refractivity contribution is 9.11. The summed E-state index contributed by atoms with van der Waals surface area (Å²) in [6.45, 7) is 0. The summed E-state index contributed by atoms with van der Waals surface area (Å²) in [5, 5.41) is 0. The molecule has 0 amide bonds. The lowest BCUT2D eigenvalue weighted by atomic mass is 10.1. The number of nitrogens with zero attached hydrogens (tertiary/aromatic N) is 2. The van der Waals surface area contributed by atoms with E-state index in [4.69, 9.17) is 0 Å². The molecule has 10 heavy (non-hydrogen) atoms. The Kier molecular flexibility index (Phi) is 1.31. The van der Waals surface area contributed by atoms with Crippen LogP contribution < -0.4 is 0 Å². The van der Waals surface area contributed by atoms with Crippen molar-refractivity contribution < 1.29 is 0 Å². The Balaban J connectivity index is 2.42. The lowest BCUT2D eigenvalue weighted by Crippen LogP contribution is -2.10. The molecule has 0 radical (unpaired) electrons. The average molecular weight is 197 g/mol. The van der Waals surface area contributed by atoms with Crippen LogP contribution >= 0.6 is 15.9 Å². The Morgan fingerprint density at radius 1 is 1.40 bits per heavy atom. The molecule has 0 bridgehead atoms. The molecule has 0 fully saturated rings. The SMILES string of the molecule is BrC1=CN=C2C=CN=C2C1. The first-order chi connectivity index (χ1) is 4.86. The largest absolute Gasteiger partial charge is 0.259 e. The number of halogens is 1. The van der Waals surface area contributed by atoms with Crippen molar-refractivity contribution in [3.05, 3.63) is 23.0 Å². The molecule has 2 aliphatic rings. The molecular formula is C7H5BrN2. The van der Waals surface area contributed by atoms with Gasteiger partial charge >= 0.3 is 0 Å². The quantitative estimate of drug-likeness (QED) is 0.567. The summed E-state index contributed by atoms with van der Waals surface area (Å²) in [6, 6.07) is 0. The Labute approximate surface area is 67.2 Å². The van der Waals surface area contributed by atoms with Gasteiger partial charge in [-0.3, -0.25) is 9.98 Å². The molecule has 0 aromatic rings. The molecule has 0 saturated carbocycles. The highest BCUT2D eigenvalue weighted by Gasteiger charge is 2.13. The Morgan fingerprint density at radius 2 is 2.30 bits per heavy atom. The van der Waals surface area contributed by atoms with E-state index >= 15 is 0 Å². The monoisotopic (exact) mass is 196 g/mol. The van der Waals surface area contributed by atoms with Crippen molar-refractivity contribution in [2.75, 3.05) is 0 Å². The lowest BCUT2D eigenvalue weighted by Gasteiger charge is -2.04. The highest BCUT2D eigenvalue weighted by atomic mass is 79.9. The maximum Gasteiger partial charge on any atom is 0.0863 e. The van der Waals surface area contributed by atoms with Gasteiger partial charge in [0.2, 0.25) is 0 Å². The Hall–Kier alpha value is -0.700. The van der Waals surface area contributed by atoms with Gasteiger partial charge in [0, 0.05) is 23.3 Å². The van der Waals surface area contributed by atoms with Crippen LogP contribution in [0.2, 0.25) is 0 Å². The first-order valence-electron chi connectivity index (χ1n) is 3.02. The minimum atomic E-state index is 0.881. The molecule has 2 rings (SSSR count). The second kappa shape index (κ2) is 2.16. The third kappa shape index (κ3) is 0.865. The summed E-state index contributed by atoms with van der Waals surface area (Å²) in [4.78, 5) is 8.31.